The molecule has 0 aliphatic heterocycles. The van der Waals surface area contributed by atoms with Crippen molar-refractivity contribution in [3.05, 3.63) is 28.8 Å². The van der Waals surface area contributed by atoms with Crippen LogP contribution in [0, 0.1) is 0 Å². The molecule has 21 heavy (non-hydrogen) atoms. The lowest BCUT2D eigenvalue weighted by molar-refractivity contribution is 0.379. The Bertz CT molecular complexity index is 444. The Labute approximate surface area is 128 Å². The van der Waals surface area contributed by atoms with Crippen LogP contribution in [0.2, 0.25) is 0 Å². The van der Waals surface area contributed by atoms with Crippen LogP contribution in [0.3, 0.4) is 0 Å². The number of nitrogens with one attached hydrogen (secondary N) is 1. The summed E-state index contributed by atoms with van der Waals surface area (Å²) in [6.45, 7) is 4.93. The van der Waals surface area contributed by atoms with Crippen molar-refractivity contribution in [3.8, 4) is 5.75 Å². The van der Waals surface area contributed by atoms with E-state index in [1.54, 1.807) is 0 Å². The second kappa shape index (κ2) is 8.34. The van der Waals surface area contributed by atoms with Crippen LogP contribution in [0.1, 0.15) is 23.6 Å². The first-order valence-electron chi connectivity index (χ1n) is 7.39. The van der Waals surface area contributed by atoms with Gasteiger partial charge in [0.2, 0.25) is 0 Å². The number of phenolic OH excluding ortho intramolecular Hbond substituents is 1. The van der Waals surface area contributed by atoms with E-state index in [9.17, 15) is 5.11 Å². The molecule has 4 N–H and O–H groups in total. The summed E-state index contributed by atoms with van der Waals surface area (Å²) in [5.74, 6) is 0.392. The summed E-state index contributed by atoms with van der Waals surface area (Å²) in [5, 5.41) is 13.7. The SMILES string of the molecule is CC(N)CNCc1cc(CN(C)C)cc(CN(C)C)c1O. The maximum Gasteiger partial charge on any atom is 0.124 e. The van der Waals surface area contributed by atoms with Crippen molar-refractivity contribution in [2.24, 2.45) is 5.73 Å². The third-order valence-electron chi connectivity index (χ3n) is 3.09. The van der Waals surface area contributed by atoms with E-state index in [2.05, 4.69) is 27.2 Å². The summed E-state index contributed by atoms with van der Waals surface area (Å²) in [7, 11) is 8.11. The second-order valence-electron chi connectivity index (χ2n) is 6.35. The standard InChI is InChI=1S/C16H30N4O/c1-12(17)8-18-9-14-6-13(10-19(2)3)7-15(16(14)21)11-20(4)5/h6-7,12,18,21H,8-11,17H2,1-5H3. The number of hydrogen-bond acceptors (Lipinski definition) is 5. The van der Waals surface area contributed by atoms with E-state index in [4.69, 9.17) is 5.73 Å². The van der Waals surface area contributed by atoms with Gasteiger partial charge in [0.15, 0.2) is 0 Å². The number of benzene rings is 1. The van der Waals surface area contributed by atoms with Crippen molar-refractivity contribution >= 4 is 0 Å². The van der Waals surface area contributed by atoms with Crippen molar-refractivity contribution in [2.45, 2.75) is 32.6 Å². The highest BCUT2D eigenvalue weighted by atomic mass is 16.3. The zero-order chi connectivity index (χ0) is 16.0. The van der Waals surface area contributed by atoms with E-state index in [0.29, 0.717) is 12.3 Å². The van der Waals surface area contributed by atoms with Crippen LogP contribution in [-0.4, -0.2) is 55.7 Å². The Morgan fingerprint density at radius 3 is 2.19 bits per heavy atom. The first kappa shape index (κ1) is 17.9. The summed E-state index contributed by atoms with van der Waals surface area (Å²) in [6, 6.07) is 4.27. The molecule has 0 aromatic heterocycles. The van der Waals surface area contributed by atoms with Crippen LogP contribution >= 0.6 is 0 Å². The first-order chi connectivity index (χ1) is 9.79. The Balaban J connectivity index is 2.96. The predicted molar refractivity (Wildman–Crippen MR) is 88.2 cm³/mol. The lowest BCUT2D eigenvalue weighted by Gasteiger charge is -2.18. The Morgan fingerprint density at radius 1 is 1.10 bits per heavy atom. The van der Waals surface area contributed by atoms with Gasteiger partial charge in [-0.3, -0.25) is 0 Å². The Hall–Kier alpha value is -1.14. The number of nitrogens with zero attached hydrogens (tertiary/aromatic N) is 2. The summed E-state index contributed by atoms with van der Waals surface area (Å²) in [4.78, 5) is 4.19. The van der Waals surface area contributed by atoms with Crippen LogP contribution in [0.25, 0.3) is 0 Å². The molecule has 120 valence electrons. The van der Waals surface area contributed by atoms with E-state index >= 15 is 0 Å². The van der Waals surface area contributed by atoms with Crippen LogP contribution in [0.5, 0.6) is 5.75 Å². The number of hydrogen-bond donors (Lipinski definition) is 3. The molecular weight excluding hydrogens is 264 g/mol. The first-order valence-corrected chi connectivity index (χ1v) is 7.39. The van der Waals surface area contributed by atoms with Crippen LogP contribution in [-0.2, 0) is 19.6 Å². The molecule has 0 fully saturated rings. The Kier molecular flexibility index (Phi) is 7.11. The molecule has 0 saturated carbocycles. The Morgan fingerprint density at radius 2 is 1.67 bits per heavy atom. The second-order valence-corrected chi connectivity index (χ2v) is 6.35. The van der Waals surface area contributed by atoms with E-state index in [0.717, 1.165) is 30.8 Å². The number of aromatic hydroxyl groups is 1. The highest BCUT2D eigenvalue weighted by Gasteiger charge is 2.11. The molecule has 0 aliphatic rings. The molecule has 0 bridgehead atoms. The summed E-state index contributed by atoms with van der Waals surface area (Å²) < 4.78 is 0. The molecule has 0 aliphatic carbocycles. The van der Waals surface area contributed by atoms with Crippen molar-refractivity contribution in [3.63, 3.8) is 0 Å². The minimum absolute atomic E-state index is 0.110. The molecule has 1 atom stereocenters. The van der Waals surface area contributed by atoms with Gasteiger partial charge >= 0.3 is 0 Å². The van der Waals surface area contributed by atoms with Crippen molar-refractivity contribution in [2.75, 3.05) is 34.7 Å². The van der Waals surface area contributed by atoms with E-state index in [-0.39, 0.29) is 6.04 Å². The molecule has 0 spiro atoms. The topological polar surface area (TPSA) is 64.8 Å². The van der Waals surface area contributed by atoms with Gasteiger partial charge in [-0.2, -0.15) is 0 Å². The molecule has 0 amide bonds. The molecular formula is C16H30N4O. The summed E-state index contributed by atoms with van der Waals surface area (Å²) in [5.41, 5.74) is 8.87. The molecule has 1 aromatic rings. The normalized spacial score (nSPS) is 13.1. The average molecular weight is 294 g/mol. The zero-order valence-electron chi connectivity index (χ0n) is 14.0. The fourth-order valence-corrected chi connectivity index (χ4v) is 2.32. The molecule has 1 aromatic carbocycles. The van der Waals surface area contributed by atoms with Gasteiger partial charge in [-0.25, -0.2) is 0 Å². The third-order valence-corrected chi connectivity index (χ3v) is 3.09. The fourth-order valence-electron chi connectivity index (χ4n) is 2.32. The average Bonchev–Trinajstić information content (AvgIpc) is 2.32. The van der Waals surface area contributed by atoms with Gasteiger partial charge in [0.05, 0.1) is 0 Å². The fraction of sp³-hybridized carbons (Fsp3) is 0.625. The molecule has 5 nitrogen and oxygen atoms in total. The van der Waals surface area contributed by atoms with Crippen molar-refractivity contribution in [1.29, 1.82) is 0 Å². The summed E-state index contributed by atoms with van der Waals surface area (Å²) in [6.07, 6.45) is 0. The maximum absolute atomic E-state index is 10.4. The van der Waals surface area contributed by atoms with Gasteiger partial charge < -0.3 is 26.0 Å². The monoisotopic (exact) mass is 294 g/mol. The highest BCUT2D eigenvalue weighted by Crippen LogP contribution is 2.26. The highest BCUT2D eigenvalue weighted by molar-refractivity contribution is 5.44. The minimum Gasteiger partial charge on any atom is -0.507 e. The lowest BCUT2D eigenvalue weighted by Crippen LogP contribution is -2.30. The van der Waals surface area contributed by atoms with Crippen LogP contribution in [0.4, 0.5) is 0 Å². The molecule has 0 radical (unpaired) electrons. The zero-order valence-corrected chi connectivity index (χ0v) is 14.0. The molecule has 1 unspecified atom stereocenters. The molecule has 1 rings (SSSR count). The minimum atomic E-state index is 0.110. The van der Waals surface area contributed by atoms with Gasteiger partial charge in [0.1, 0.15) is 5.75 Å². The van der Waals surface area contributed by atoms with Crippen LogP contribution < -0.4 is 11.1 Å². The smallest absolute Gasteiger partial charge is 0.124 e. The predicted octanol–water partition coefficient (Wildman–Crippen LogP) is 0.952. The van der Waals surface area contributed by atoms with Crippen molar-refractivity contribution < 1.29 is 5.11 Å². The van der Waals surface area contributed by atoms with Gasteiger partial charge in [-0.15, -0.1) is 0 Å². The summed E-state index contributed by atoms with van der Waals surface area (Å²) >= 11 is 0. The number of phenols is 1. The van der Waals surface area contributed by atoms with Crippen molar-refractivity contribution in [1.82, 2.24) is 15.1 Å². The van der Waals surface area contributed by atoms with Gasteiger partial charge in [-0.05, 0) is 52.8 Å². The largest absolute Gasteiger partial charge is 0.507 e. The van der Waals surface area contributed by atoms with E-state index in [1.165, 1.54) is 5.56 Å². The molecule has 0 heterocycles. The lowest BCUT2D eigenvalue weighted by atomic mass is 10.0. The third kappa shape index (κ3) is 6.44. The molecule has 0 saturated heterocycles. The quantitative estimate of drug-likeness (QED) is 0.666. The molecule has 5 heteroatoms. The van der Waals surface area contributed by atoms with Gasteiger partial charge in [0.25, 0.3) is 0 Å². The van der Waals surface area contributed by atoms with Gasteiger partial charge in [-0.1, -0.05) is 0 Å². The number of nitrogens with two attached hydrogens (primary N) is 1. The number of rotatable bonds is 8. The van der Waals surface area contributed by atoms with E-state index < -0.39 is 0 Å². The van der Waals surface area contributed by atoms with Crippen LogP contribution in [0.15, 0.2) is 12.1 Å². The van der Waals surface area contributed by atoms with Gasteiger partial charge in [0, 0.05) is 43.3 Å². The van der Waals surface area contributed by atoms with E-state index in [1.807, 2.05) is 35.1 Å². The maximum atomic E-state index is 10.4.